The summed E-state index contributed by atoms with van der Waals surface area (Å²) in [7, 11) is 0. The monoisotopic (exact) mass is 273 g/mol. The molecule has 1 aromatic carbocycles. The van der Waals surface area contributed by atoms with Gasteiger partial charge in [0.25, 0.3) is 0 Å². The molecule has 0 saturated carbocycles. The summed E-state index contributed by atoms with van der Waals surface area (Å²) < 4.78 is 0. The van der Waals surface area contributed by atoms with Crippen LogP contribution in [-0.4, -0.2) is 0 Å². The SMILES string of the molecule is CCCCCCCCCCCC[C](C)c1ccccc1. The second kappa shape index (κ2) is 12.0. The van der Waals surface area contributed by atoms with Gasteiger partial charge in [-0.05, 0) is 12.0 Å². The molecular weight excluding hydrogens is 240 g/mol. The van der Waals surface area contributed by atoms with Crippen LogP contribution in [0.1, 0.15) is 90.0 Å². The normalized spacial score (nSPS) is 11.2. The van der Waals surface area contributed by atoms with E-state index in [4.69, 9.17) is 0 Å². The lowest BCUT2D eigenvalue weighted by Crippen LogP contribution is -1.94. The number of benzene rings is 1. The fraction of sp³-hybridized carbons (Fsp3) is 0.650. The number of hydrogen-bond donors (Lipinski definition) is 0. The van der Waals surface area contributed by atoms with Crippen LogP contribution in [0.5, 0.6) is 0 Å². The van der Waals surface area contributed by atoms with Crippen molar-refractivity contribution in [3.05, 3.63) is 41.8 Å². The van der Waals surface area contributed by atoms with Gasteiger partial charge >= 0.3 is 0 Å². The third kappa shape index (κ3) is 8.40. The molecule has 0 nitrogen and oxygen atoms in total. The van der Waals surface area contributed by atoms with Crippen LogP contribution in [0, 0.1) is 5.92 Å². The van der Waals surface area contributed by atoms with E-state index in [-0.39, 0.29) is 0 Å². The molecule has 0 unspecified atom stereocenters. The van der Waals surface area contributed by atoms with Crippen molar-refractivity contribution >= 4 is 0 Å². The summed E-state index contributed by atoms with van der Waals surface area (Å²) in [6.07, 6.45) is 15.5. The van der Waals surface area contributed by atoms with Crippen LogP contribution in [0.25, 0.3) is 0 Å². The van der Waals surface area contributed by atoms with E-state index in [2.05, 4.69) is 44.2 Å². The Morgan fingerprint density at radius 3 is 1.75 bits per heavy atom. The zero-order chi connectivity index (χ0) is 14.5. The van der Waals surface area contributed by atoms with Crippen LogP contribution in [-0.2, 0) is 0 Å². The second-order valence-corrected chi connectivity index (χ2v) is 6.08. The zero-order valence-electron chi connectivity index (χ0n) is 13.7. The average molecular weight is 273 g/mol. The van der Waals surface area contributed by atoms with Crippen LogP contribution in [0.4, 0.5) is 0 Å². The number of hydrogen-bond acceptors (Lipinski definition) is 0. The minimum atomic E-state index is 1.26. The van der Waals surface area contributed by atoms with Gasteiger partial charge in [-0.15, -0.1) is 0 Å². The number of unbranched alkanes of at least 4 members (excludes halogenated alkanes) is 9. The van der Waals surface area contributed by atoms with Crippen molar-refractivity contribution in [2.75, 3.05) is 0 Å². The molecule has 0 spiro atoms. The van der Waals surface area contributed by atoms with Crippen LogP contribution >= 0.6 is 0 Å². The Kier molecular flexibility index (Phi) is 10.4. The van der Waals surface area contributed by atoms with Gasteiger partial charge < -0.3 is 0 Å². The van der Waals surface area contributed by atoms with Gasteiger partial charge in [-0.3, -0.25) is 0 Å². The van der Waals surface area contributed by atoms with Gasteiger partial charge in [0.2, 0.25) is 0 Å². The summed E-state index contributed by atoms with van der Waals surface area (Å²) in [5.41, 5.74) is 1.42. The molecule has 0 aliphatic carbocycles. The molecule has 0 aliphatic heterocycles. The van der Waals surface area contributed by atoms with Gasteiger partial charge in [0.05, 0.1) is 0 Å². The van der Waals surface area contributed by atoms with E-state index >= 15 is 0 Å². The van der Waals surface area contributed by atoms with Crippen LogP contribution in [0.2, 0.25) is 0 Å². The molecule has 20 heavy (non-hydrogen) atoms. The van der Waals surface area contributed by atoms with Gasteiger partial charge in [-0.1, -0.05) is 108 Å². The van der Waals surface area contributed by atoms with Crippen LogP contribution in [0.15, 0.2) is 30.3 Å². The highest BCUT2D eigenvalue weighted by Crippen LogP contribution is 2.21. The first-order chi connectivity index (χ1) is 9.84. The first-order valence-corrected chi connectivity index (χ1v) is 8.72. The fourth-order valence-corrected chi connectivity index (χ4v) is 2.74. The first kappa shape index (κ1) is 17.3. The molecule has 1 rings (SSSR count). The lowest BCUT2D eigenvalue weighted by Gasteiger charge is -2.10. The van der Waals surface area contributed by atoms with E-state index in [1.54, 1.807) is 5.92 Å². The van der Waals surface area contributed by atoms with Gasteiger partial charge in [-0.25, -0.2) is 0 Å². The third-order valence-electron chi connectivity index (χ3n) is 4.17. The Hall–Kier alpha value is -0.780. The molecule has 1 radical (unpaired) electrons. The molecule has 0 saturated heterocycles. The van der Waals surface area contributed by atoms with Crippen molar-refractivity contribution in [2.24, 2.45) is 0 Å². The van der Waals surface area contributed by atoms with E-state index in [0.29, 0.717) is 0 Å². The standard InChI is InChI=1S/C20H33/c1-3-4-5-6-7-8-9-10-11-13-16-19(2)20-17-14-12-15-18-20/h12,14-15,17-18H,3-11,13,16H2,1-2H3. The van der Waals surface area contributed by atoms with Crippen molar-refractivity contribution in [1.82, 2.24) is 0 Å². The second-order valence-electron chi connectivity index (χ2n) is 6.08. The van der Waals surface area contributed by atoms with Crippen LogP contribution < -0.4 is 0 Å². The minimum Gasteiger partial charge on any atom is -0.0654 e. The highest BCUT2D eigenvalue weighted by Gasteiger charge is 2.04. The maximum Gasteiger partial charge on any atom is 0.00189 e. The Labute approximate surface area is 127 Å². The molecule has 1 aromatic rings. The average Bonchev–Trinajstić information content (AvgIpc) is 2.50. The highest BCUT2D eigenvalue weighted by atomic mass is 14.1. The summed E-state index contributed by atoms with van der Waals surface area (Å²) in [5.74, 6) is 1.55. The summed E-state index contributed by atoms with van der Waals surface area (Å²) in [6, 6.07) is 10.8. The topological polar surface area (TPSA) is 0 Å². The van der Waals surface area contributed by atoms with Gasteiger partial charge in [0, 0.05) is 5.92 Å². The van der Waals surface area contributed by atoms with Crippen molar-refractivity contribution in [2.45, 2.75) is 84.5 Å². The van der Waals surface area contributed by atoms with Crippen molar-refractivity contribution < 1.29 is 0 Å². The van der Waals surface area contributed by atoms with Gasteiger partial charge in [0.1, 0.15) is 0 Å². The fourth-order valence-electron chi connectivity index (χ4n) is 2.74. The molecule has 0 atom stereocenters. The first-order valence-electron chi connectivity index (χ1n) is 8.72. The molecule has 0 heterocycles. The largest absolute Gasteiger partial charge is 0.0654 e. The van der Waals surface area contributed by atoms with Crippen LogP contribution in [0.3, 0.4) is 0 Å². The molecule has 0 N–H and O–H groups in total. The van der Waals surface area contributed by atoms with E-state index in [1.165, 1.54) is 76.2 Å². The summed E-state index contributed by atoms with van der Waals surface area (Å²) in [6.45, 7) is 4.57. The molecule has 0 bridgehead atoms. The van der Waals surface area contributed by atoms with E-state index in [1.807, 2.05) is 0 Å². The Balaban J connectivity index is 1.90. The molecule has 113 valence electrons. The predicted octanol–water partition coefficient (Wildman–Crippen LogP) is 6.94. The maximum absolute atomic E-state index is 2.29. The molecule has 0 heteroatoms. The molecular formula is C20H33. The van der Waals surface area contributed by atoms with Crippen molar-refractivity contribution in [3.8, 4) is 0 Å². The van der Waals surface area contributed by atoms with E-state index in [9.17, 15) is 0 Å². The zero-order valence-corrected chi connectivity index (χ0v) is 13.7. The summed E-state index contributed by atoms with van der Waals surface area (Å²) in [5, 5.41) is 0. The molecule has 0 aliphatic rings. The Bertz CT molecular complexity index is 301. The van der Waals surface area contributed by atoms with E-state index in [0.717, 1.165) is 0 Å². The van der Waals surface area contributed by atoms with Gasteiger partial charge in [0.15, 0.2) is 0 Å². The number of rotatable bonds is 12. The highest BCUT2D eigenvalue weighted by molar-refractivity contribution is 5.28. The molecule has 0 amide bonds. The maximum atomic E-state index is 2.29. The summed E-state index contributed by atoms with van der Waals surface area (Å²) >= 11 is 0. The summed E-state index contributed by atoms with van der Waals surface area (Å²) in [4.78, 5) is 0. The van der Waals surface area contributed by atoms with Crippen molar-refractivity contribution in [3.63, 3.8) is 0 Å². The third-order valence-corrected chi connectivity index (χ3v) is 4.17. The predicted molar refractivity (Wildman–Crippen MR) is 90.9 cm³/mol. The Morgan fingerprint density at radius 2 is 1.20 bits per heavy atom. The minimum absolute atomic E-state index is 1.26. The Morgan fingerprint density at radius 1 is 0.700 bits per heavy atom. The van der Waals surface area contributed by atoms with Crippen molar-refractivity contribution in [1.29, 1.82) is 0 Å². The lowest BCUT2D eigenvalue weighted by atomic mass is 9.95. The van der Waals surface area contributed by atoms with Gasteiger partial charge in [-0.2, -0.15) is 0 Å². The van der Waals surface area contributed by atoms with E-state index < -0.39 is 0 Å². The lowest BCUT2D eigenvalue weighted by molar-refractivity contribution is 0.553. The quantitative estimate of drug-likeness (QED) is 0.362. The molecule has 0 aromatic heterocycles. The molecule has 0 fully saturated rings. The smallest absolute Gasteiger partial charge is 0.00189 e.